The van der Waals surface area contributed by atoms with Gasteiger partial charge in [0.2, 0.25) is 0 Å². The van der Waals surface area contributed by atoms with Crippen LogP contribution in [0, 0.1) is 6.92 Å². The van der Waals surface area contributed by atoms with E-state index in [1.807, 2.05) is 6.20 Å². The van der Waals surface area contributed by atoms with Gasteiger partial charge in [-0.05, 0) is 82.5 Å². The highest BCUT2D eigenvalue weighted by atomic mass is 14.6. The van der Waals surface area contributed by atoms with E-state index >= 15 is 0 Å². The lowest BCUT2D eigenvalue weighted by molar-refractivity contribution is 0.586. The van der Waals surface area contributed by atoms with Crippen molar-refractivity contribution in [2.75, 3.05) is 0 Å². The van der Waals surface area contributed by atoms with E-state index in [9.17, 15) is 0 Å². The Morgan fingerprint density at radius 3 is 2.68 bits per heavy atom. The summed E-state index contributed by atoms with van der Waals surface area (Å²) in [7, 11) is 0. The highest BCUT2D eigenvalue weighted by molar-refractivity contribution is 6.08. The number of hydrogen-bond acceptors (Lipinski definition) is 1. The van der Waals surface area contributed by atoms with Crippen molar-refractivity contribution in [3.63, 3.8) is 0 Å². The molecule has 1 atom stereocenters. The molecule has 1 aliphatic rings. The predicted octanol–water partition coefficient (Wildman–Crippen LogP) is 5.97. The van der Waals surface area contributed by atoms with Crippen LogP contribution in [0.2, 0.25) is 0 Å². The smallest absolute Gasteiger partial charge is 0.0375 e. The minimum absolute atomic E-state index is 0.618. The lowest BCUT2D eigenvalue weighted by atomic mass is 9.78. The van der Waals surface area contributed by atoms with Crippen LogP contribution in [-0.4, -0.2) is 4.98 Å². The fourth-order valence-corrected chi connectivity index (χ4v) is 4.47. The molecule has 1 nitrogen and oxygen atoms in total. The third kappa shape index (κ3) is 2.42. The van der Waals surface area contributed by atoms with Gasteiger partial charge in [-0.3, -0.25) is 4.98 Å². The number of fused-ring (bicyclic) bond motifs is 5. The first-order valence-electron chi connectivity index (χ1n) is 9.14. The van der Waals surface area contributed by atoms with Crippen molar-refractivity contribution in [2.45, 2.75) is 32.1 Å². The molecular formula is C24H21N. The van der Waals surface area contributed by atoms with E-state index in [2.05, 4.69) is 72.6 Å². The Labute approximate surface area is 148 Å². The van der Waals surface area contributed by atoms with Crippen molar-refractivity contribution in [2.24, 2.45) is 0 Å². The highest BCUT2D eigenvalue weighted by Gasteiger charge is 2.22. The van der Waals surface area contributed by atoms with Crippen LogP contribution in [0.4, 0.5) is 0 Å². The van der Waals surface area contributed by atoms with Crippen molar-refractivity contribution in [3.8, 4) is 0 Å². The minimum Gasteiger partial charge on any atom is -0.262 e. The molecule has 1 aliphatic carbocycles. The lowest BCUT2D eigenvalue weighted by Crippen LogP contribution is -2.13. The average Bonchev–Trinajstić information content (AvgIpc) is 2.67. The molecule has 0 amide bonds. The Balaban J connectivity index is 1.61. The van der Waals surface area contributed by atoms with Crippen molar-refractivity contribution >= 4 is 21.5 Å². The summed E-state index contributed by atoms with van der Waals surface area (Å²) >= 11 is 0. The van der Waals surface area contributed by atoms with Crippen molar-refractivity contribution in [1.29, 1.82) is 0 Å². The van der Waals surface area contributed by atoms with Gasteiger partial charge in [0, 0.05) is 11.9 Å². The normalized spacial score (nSPS) is 16.9. The molecule has 5 rings (SSSR count). The van der Waals surface area contributed by atoms with Gasteiger partial charge in [0.1, 0.15) is 0 Å². The number of rotatable bonds is 1. The standard InChI is InChI=1S/C24H21N/c1-16-14-19(12-13-25-16)18-7-9-22-20(15-18)8-11-23-21-5-3-2-4-17(21)6-10-24(22)23/h2-6,8,10-14,18H,7,9,15H2,1H3. The average molecular weight is 323 g/mol. The van der Waals surface area contributed by atoms with E-state index in [4.69, 9.17) is 0 Å². The van der Waals surface area contributed by atoms with Crippen LogP contribution in [0.15, 0.2) is 66.9 Å². The zero-order chi connectivity index (χ0) is 16.8. The van der Waals surface area contributed by atoms with Gasteiger partial charge in [-0.25, -0.2) is 0 Å². The third-order valence-electron chi connectivity index (χ3n) is 5.74. The summed E-state index contributed by atoms with van der Waals surface area (Å²) in [6.45, 7) is 2.08. The number of aryl methyl sites for hydroxylation is 2. The zero-order valence-electron chi connectivity index (χ0n) is 14.5. The topological polar surface area (TPSA) is 12.9 Å². The van der Waals surface area contributed by atoms with Crippen molar-refractivity contribution in [3.05, 3.63) is 89.2 Å². The van der Waals surface area contributed by atoms with Gasteiger partial charge in [0.15, 0.2) is 0 Å². The Bertz CT molecular complexity index is 1090. The number of nitrogens with zero attached hydrogens (tertiary/aromatic N) is 1. The molecule has 0 spiro atoms. The molecule has 0 saturated carbocycles. The lowest BCUT2D eigenvalue weighted by Gasteiger charge is -2.26. The zero-order valence-corrected chi connectivity index (χ0v) is 14.5. The summed E-state index contributed by atoms with van der Waals surface area (Å²) in [5.41, 5.74) is 5.64. The predicted molar refractivity (Wildman–Crippen MR) is 105 cm³/mol. The molecule has 3 aromatic carbocycles. The van der Waals surface area contributed by atoms with E-state index in [1.54, 1.807) is 5.56 Å². The molecule has 1 heteroatoms. The molecule has 0 saturated heterocycles. The fourth-order valence-electron chi connectivity index (χ4n) is 4.47. The van der Waals surface area contributed by atoms with Crippen molar-refractivity contribution < 1.29 is 0 Å². The molecule has 0 N–H and O–H groups in total. The largest absolute Gasteiger partial charge is 0.262 e. The summed E-state index contributed by atoms with van der Waals surface area (Å²) in [6, 6.07) is 22.5. The van der Waals surface area contributed by atoms with E-state index in [0.29, 0.717) is 5.92 Å². The van der Waals surface area contributed by atoms with Crippen LogP contribution in [-0.2, 0) is 12.8 Å². The molecule has 0 fully saturated rings. The Hall–Kier alpha value is -2.67. The summed E-state index contributed by atoms with van der Waals surface area (Å²) in [5, 5.41) is 5.54. The number of pyridine rings is 1. The molecule has 0 aliphatic heterocycles. The first kappa shape index (κ1) is 14.7. The Morgan fingerprint density at radius 1 is 0.880 bits per heavy atom. The monoisotopic (exact) mass is 323 g/mol. The summed E-state index contributed by atoms with van der Waals surface area (Å²) < 4.78 is 0. The molecule has 1 unspecified atom stereocenters. The molecular weight excluding hydrogens is 302 g/mol. The Morgan fingerprint density at radius 2 is 1.76 bits per heavy atom. The van der Waals surface area contributed by atoms with E-state index < -0.39 is 0 Å². The minimum atomic E-state index is 0.618. The molecule has 122 valence electrons. The second kappa shape index (κ2) is 5.70. The fraction of sp³-hybridized carbons (Fsp3) is 0.208. The maximum atomic E-state index is 4.35. The SMILES string of the molecule is Cc1cc(C2CCc3c(ccc4c3ccc3ccccc34)C2)ccn1. The summed E-state index contributed by atoms with van der Waals surface area (Å²) in [5.74, 6) is 0.618. The second-order valence-electron chi connectivity index (χ2n) is 7.26. The van der Waals surface area contributed by atoms with Gasteiger partial charge in [-0.1, -0.05) is 48.5 Å². The molecule has 4 aromatic rings. The van der Waals surface area contributed by atoms with Gasteiger partial charge in [0.05, 0.1) is 0 Å². The number of hydrogen-bond donors (Lipinski definition) is 0. The van der Waals surface area contributed by atoms with Crippen molar-refractivity contribution in [1.82, 2.24) is 4.98 Å². The quantitative estimate of drug-likeness (QED) is 0.393. The third-order valence-corrected chi connectivity index (χ3v) is 5.74. The maximum absolute atomic E-state index is 4.35. The van der Waals surface area contributed by atoms with Gasteiger partial charge < -0.3 is 0 Å². The number of benzene rings is 3. The van der Waals surface area contributed by atoms with Crippen LogP contribution in [0.3, 0.4) is 0 Å². The van der Waals surface area contributed by atoms with E-state index in [-0.39, 0.29) is 0 Å². The van der Waals surface area contributed by atoms with Crippen LogP contribution in [0.1, 0.15) is 34.7 Å². The van der Waals surface area contributed by atoms with Crippen LogP contribution in [0.5, 0.6) is 0 Å². The molecule has 25 heavy (non-hydrogen) atoms. The summed E-state index contributed by atoms with van der Waals surface area (Å²) in [4.78, 5) is 4.35. The summed E-state index contributed by atoms with van der Waals surface area (Å²) in [6.07, 6.45) is 5.48. The van der Waals surface area contributed by atoms with E-state index in [1.165, 1.54) is 39.1 Å². The first-order valence-corrected chi connectivity index (χ1v) is 9.14. The highest BCUT2D eigenvalue weighted by Crippen LogP contribution is 2.38. The molecule has 1 aromatic heterocycles. The van der Waals surface area contributed by atoms with Crippen LogP contribution < -0.4 is 0 Å². The number of aromatic nitrogens is 1. The van der Waals surface area contributed by atoms with Crippen LogP contribution >= 0.6 is 0 Å². The van der Waals surface area contributed by atoms with Gasteiger partial charge in [-0.15, -0.1) is 0 Å². The second-order valence-corrected chi connectivity index (χ2v) is 7.26. The van der Waals surface area contributed by atoms with Gasteiger partial charge in [0.25, 0.3) is 0 Å². The Kier molecular flexibility index (Phi) is 3.34. The molecule has 1 heterocycles. The van der Waals surface area contributed by atoms with Gasteiger partial charge in [-0.2, -0.15) is 0 Å². The molecule has 0 bridgehead atoms. The van der Waals surface area contributed by atoms with E-state index in [0.717, 1.165) is 18.5 Å². The maximum Gasteiger partial charge on any atom is 0.0375 e. The molecule has 0 radical (unpaired) electrons. The van der Waals surface area contributed by atoms with Crippen LogP contribution in [0.25, 0.3) is 21.5 Å². The first-order chi connectivity index (χ1) is 12.3. The van der Waals surface area contributed by atoms with Gasteiger partial charge >= 0.3 is 0 Å².